The lowest BCUT2D eigenvalue weighted by molar-refractivity contribution is -0.141. The highest BCUT2D eigenvalue weighted by atomic mass is 32.2. The summed E-state index contributed by atoms with van der Waals surface area (Å²) in [6.07, 6.45) is 4.14. The molecule has 4 rings (SSSR count). The number of H-pyrrole nitrogens is 1. The maximum Gasteiger partial charge on any atom is 0.320 e. The lowest BCUT2D eigenvalue weighted by Crippen LogP contribution is -2.27. The van der Waals surface area contributed by atoms with Crippen LogP contribution in [-0.2, 0) is 16.0 Å². The minimum absolute atomic E-state index is 0.0938. The molecule has 0 radical (unpaired) electrons. The van der Waals surface area contributed by atoms with Gasteiger partial charge in [-0.2, -0.15) is 0 Å². The molecule has 1 fully saturated rings. The van der Waals surface area contributed by atoms with Gasteiger partial charge >= 0.3 is 5.97 Å². The average molecular weight is 384 g/mol. The molecule has 0 saturated carbocycles. The number of ketones is 1. The van der Waals surface area contributed by atoms with Crippen molar-refractivity contribution < 1.29 is 19.1 Å². The lowest BCUT2D eigenvalue weighted by Gasteiger charge is -2.13. The van der Waals surface area contributed by atoms with Crippen molar-refractivity contribution in [1.29, 1.82) is 0 Å². The molecule has 7 heteroatoms. The zero-order valence-electron chi connectivity index (χ0n) is 14.8. The van der Waals surface area contributed by atoms with Crippen molar-refractivity contribution in [2.24, 2.45) is 0 Å². The standard InChI is InChI=1S/C20H20N2O4S/c23-16(14-9-15(21-11-14)19(24)22-7-3-4-8-22)12-26-20(25)18-10-13-5-1-2-6-17(13)27-18/h1-2,5-6,9,11,18,21H,3-4,7-8,10,12H2. The van der Waals surface area contributed by atoms with Crippen LogP contribution in [0.25, 0.3) is 0 Å². The second-order valence-electron chi connectivity index (χ2n) is 6.75. The molecule has 1 atom stereocenters. The number of amides is 1. The van der Waals surface area contributed by atoms with Gasteiger partial charge in [0.1, 0.15) is 10.9 Å². The van der Waals surface area contributed by atoms with Crippen LogP contribution in [0.1, 0.15) is 39.3 Å². The minimum Gasteiger partial charge on any atom is -0.456 e. The van der Waals surface area contributed by atoms with Crippen LogP contribution in [0, 0.1) is 0 Å². The number of carbonyl (C=O) groups excluding carboxylic acids is 3. The molecule has 0 aliphatic carbocycles. The monoisotopic (exact) mass is 384 g/mol. The maximum atomic E-state index is 12.3. The van der Waals surface area contributed by atoms with Crippen LogP contribution in [-0.4, -0.2) is 52.5 Å². The zero-order valence-corrected chi connectivity index (χ0v) is 15.6. The summed E-state index contributed by atoms with van der Waals surface area (Å²) in [6.45, 7) is 1.18. The molecule has 1 N–H and O–H groups in total. The number of rotatable bonds is 5. The number of Topliss-reactive ketones (excluding diaryl/α,β-unsaturated/α-hetero) is 1. The number of esters is 1. The normalized spacial score (nSPS) is 18.4. The summed E-state index contributed by atoms with van der Waals surface area (Å²) < 4.78 is 5.22. The largest absolute Gasteiger partial charge is 0.456 e. The molecule has 1 aromatic carbocycles. The van der Waals surface area contributed by atoms with Crippen molar-refractivity contribution in [3.05, 3.63) is 53.3 Å². The number of hydrogen-bond acceptors (Lipinski definition) is 5. The van der Waals surface area contributed by atoms with E-state index in [1.807, 2.05) is 24.3 Å². The van der Waals surface area contributed by atoms with Crippen molar-refractivity contribution in [2.75, 3.05) is 19.7 Å². The number of carbonyl (C=O) groups is 3. The number of nitrogens with one attached hydrogen (secondary N) is 1. The van der Waals surface area contributed by atoms with Gasteiger partial charge in [-0.3, -0.25) is 14.4 Å². The zero-order chi connectivity index (χ0) is 18.8. The molecule has 27 heavy (non-hydrogen) atoms. The van der Waals surface area contributed by atoms with Gasteiger partial charge in [-0.05, 0) is 37.0 Å². The number of hydrogen-bond donors (Lipinski definition) is 1. The van der Waals surface area contributed by atoms with E-state index in [-0.39, 0.29) is 29.5 Å². The van der Waals surface area contributed by atoms with Crippen LogP contribution >= 0.6 is 11.8 Å². The molecule has 1 saturated heterocycles. The number of fused-ring (bicyclic) bond motifs is 1. The predicted molar refractivity (Wildman–Crippen MR) is 101 cm³/mol. The molecule has 2 aliphatic rings. The second kappa shape index (κ2) is 7.60. The van der Waals surface area contributed by atoms with Gasteiger partial charge in [0.2, 0.25) is 5.78 Å². The highest BCUT2D eigenvalue weighted by molar-refractivity contribution is 8.01. The number of nitrogens with zero attached hydrogens (tertiary/aromatic N) is 1. The van der Waals surface area contributed by atoms with E-state index in [0.717, 1.165) is 36.4 Å². The van der Waals surface area contributed by atoms with Gasteiger partial charge in [0.25, 0.3) is 5.91 Å². The molecule has 2 aromatic rings. The number of likely N-dealkylation sites (tertiary alicyclic amines) is 1. The van der Waals surface area contributed by atoms with Crippen LogP contribution in [0.15, 0.2) is 41.4 Å². The first-order valence-electron chi connectivity index (χ1n) is 9.04. The van der Waals surface area contributed by atoms with Gasteiger partial charge in [0.05, 0.1) is 0 Å². The summed E-state index contributed by atoms with van der Waals surface area (Å²) in [5, 5.41) is -0.311. The van der Waals surface area contributed by atoms with Crippen molar-refractivity contribution in [3.63, 3.8) is 0 Å². The Hall–Kier alpha value is -2.54. The third kappa shape index (κ3) is 3.78. The first-order chi connectivity index (χ1) is 13.1. The van der Waals surface area contributed by atoms with Gasteiger partial charge in [-0.25, -0.2) is 0 Å². The molecule has 3 heterocycles. The van der Waals surface area contributed by atoms with Crippen molar-refractivity contribution in [1.82, 2.24) is 9.88 Å². The van der Waals surface area contributed by atoms with Crippen molar-refractivity contribution >= 4 is 29.4 Å². The number of aromatic amines is 1. The van der Waals surface area contributed by atoms with Crippen LogP contribution in [0.3, 0.4) is 0 Å². The summed E-state index contributed by atoms with van der Waals surface area (Å²) in [5.41, 5.74) is 1.88. The fourth-order valence-corrected chi connectivity index (χ4v) is 4.59. The van der Waals surface area contributed by atoms with E-state index >= 15 is 0 Å². The molecular formula is C20H20N2O4S. The molecule has 6 nitrogen and oxygen atoms in total. The Morgan fingerprint density at radius 3 is 2.74 bits per heavy atom. The van der Waals surface area contributed by atoms with Gasteiger partial charge in [0.15, 0.2) is 6.61 Å². The van der Waals surface area contributed by atoms with E-state index in [9.17, 15) is 14.4 Å². The van der Waals surface area contributed by atoms with Crippen LogP contribution in [0.2, 0.25) is 0 Å². The van der Waals surface area contributed by atoms with E-state index in [4.69, 9.17) is 4.74 Å². The Morgan fingerprint density at radius 1 is 1.19 bits per heavy atom. The number of aromatic nitrogens is 1. The summed E-state index contributed by atoms with van der Waals surface area (Å²) in [4.78, 5) is 42.6. The molecule has 0 bridgehead atoms. The second-order valence-corrected chi connectivity index (χ2v) is 8.00. The highest BCUT2D eigenvalue weighted by Crippen LogP contribution is 2.37. The third-order valence-corrected chi connectivity index (χ3v) is 6.18. The SMILES string of the molecule is O=C(COC(=O)C1Cc2ccccc2S1)c1c[nH]c(C(=O)N2CCCC2)c1. The molecule has 140 valence electrons. The summed E-state index contributed by atoms with van der Waals surface area (Å²) in [5.74, 6) is -0.794. The Labute approximate surface area is 161 Å². The average Bonchev–Trinajstić information content (AvgIpc) is 3.44. The molecule has 1 aromatic heterocycles. The predicted octanol–water partition coefficient (Wildman–Crippen LogP) is 2.69. The lowest BCUT2D eigenvalue weighted by atomic mass is 10.1. The maximum absolute atomic E-state index is 12.3. The number of benzene rings is 1. The van der Waals surface area contributed by atoms with E-state index in [2.05, 4.69) is 4.98 Å². The number of thioether (sulfide) groups is 1. The summed E-state index contributed by atoms with van der Waals surface area (Å²) >= 11 is 1.47. The van der Waals surface area contributed by atoms with Crippen LogP contribution < -0.4 is 0 Å². The smallest absolute Gasteiger partial charge is 0.320 e. The molecular weight excluding hydrogens is 364 g/mol. The molecule has 1 amide bonds. The molecule has 0 spiro atoms. The highest BCUT2D eigenvalue weighted by Gasteiger charge is 2.30. The van der Waals surface area contributed by atoms with Gasteiger partial charge in [-0.1, -0.05) is 18.2 Å². The Kier molecular flexibility index (Phi) is 5.03. The van der Waals surface area contributed by atoms with Gasteiger partial charge < -0.3 is 14.6 Å². The fraction of sp³-hybridized carbons (Fsp3) is 0.350. The van der Waals surface area contributed by atoms with E-state index in [0.29, 0.717) is 17.7 Å². The Morgan fingerprint density at radius 2 is 1.96 bits per heavy atom. The van der Waals surface area contributed by atoms with E-state index < -0.39 is 0 Å². The van der Waals surface area contributed by atoms with Crippen LogP contribution in [0.4, 0.5) is 0 Å². The van der Waals surface area contributed by atoms with Crippen molar-refractivity contribution in [2.45, 2.75) is 29.4 Å². The Bertz CT molecular complexity index is 861. The van der Waals surface area contributed by atoms with Gasteiger partial charge in [0, 0.05) is 29.7 Å². The third-order valence-electron chi connectivity index (χ3n) is 4.88. The van der Waals surface area contributed by atoms with E-state index in [1.54, 1.807) is 4.90 Å². The van der Waals surface area contributed by atoms with Crippen molar-refractivity contribution in [3.8, 4) is 0 Å². The van der Waals surface area contributed by atoms with Crippen LogP contribution in [0.5, 0.6) is 0 Å². The summed E-state index contributed by atoms with van der Waals surface area (Å²) in [6, 6.07) is 9.41. The number of ether oxygens (including phenoxy) is 1. The van der Waals surface area contributed by atoms with Gasteiger partial charge in [-0.15, -0.1) is 11.8 Å². The molecule has 2 aliphatic heterocycles. The topological polar surface area (TPSA) is 79.5 Å². The minimum atomic E-state index is -0.381. The van der Waals surface area contributed by atoms with E-state index in [1.165, 1.54) is 24.0 Å². The quantitative estimate of drug-likeness (QED) is 0.633. The first-order valence-corrected chi connectivity index (χ1v) is 9.92. The summed E-state index contributed by atoms with van der Waals surface area (Å²) in [7, 11) is 0. The Balaban J connectivity index is 1.31. The fourth-order valence-electron chi connectivity index (χ4n) is 3.40. The first kappa shape index (κ1) is 17.9. The molecule has 1 unspecified atom stereocenters.